The van der Waals surface area contributed by atoms with E-state index in [1.54, 1.807) is 0 Å². The van der Waals surface area contributed by atoms with Gasteiger partial charge in [0.25, 0.3) is 5.91 Å². The van der Waals surface area contributed by atoms with Crippen LogP contribution in [0.5, 0.6) is 0 Å². The van der Waals surface area contributed by atoms with E-state index in [2.05, 4.69) is 12.3 Å². The normalized spacial score (nSPS) is 12.3. The minimum Gasteiger partial charge on any atom is -0.320 e. The van der Waals surface area contributed by atoms with Gasteiger partial charge < -0.3 is 5.73 Å². The molecular formula is C18H39N3O. The number of rotatable bonds is 16. The van der Waals surface area contributed by atoms with Crippen molar-refractivity contribution >= 4 is 5.91 Å². The second-order valence-corrected chi connectivity index (χ2v) is 6.50. The lowest BCUT2D eigenvalue weighted by atomic mass is 10.0. The van der Waals surface area contributed by atoms with Crippen LogP contribution in [0.15, 0.2) is 0 Å². The molecule has 1 amide bonds. The fraction of sp³-hybridized carbons (Fsp3) is 0.944. The molecule has 0 spiro atoms. The van der Waals surface area contributed by atoms with Crippen LogP contribution in [0.2, 0.25) is 0 Å². The van der Waals surface area contributed by atoms with E-state index in [0.29, 0.717) is 0 Å². The Bertz CT molecular complexity index is 246. The molecule has 22 heavy (non-hydrogen) atoms. The zero-order valence-electron chi connectivity index (χ0n) is 14.7. The average Bonchev–Trinajstić information content (AvgIpc) is 2.54. The Morgan fingerprint density at radius 1 is 0.773 bits per heavy atom. The van der Waals surface area contributed by atoms with E-state index < -0.39 is 6.04 Å². The van der Waals surface area contributed by atoms with Gasteiger partial charge in [-0.2, -0.15) is 0 Å². The summed E-state index contributed by atoms with van der Waals surface area (Å²) in [4.78, 5) is 11.1. The molecule has 0 saturated carbocycles. The standard InChI is InChI=1S/C18H39N3O/c1-2-3-4-5-6-7-8-9-10-11-12-13-14-15-16-17(19)18(22)21-20/h17H,2-16,19-20H2,1H3,(H,21,22). The van der Waals surface area contributed by atoms with Crippen molar-refractivity contribution in [3.63, 3.8) is 0 Å². The van der Waals surface area contributed by atoms with Crippen molar-refractivity contribution in [2.24, 2.45) is 11.6 Å². The maximum Gasteiger partial charge on any atom is 0.250 e. The Labute approximate surface area is 137 Å². The second-order valence-electron chi connectivity index (χ2n) is 6.50. The molecule has 0 rings (SSSR count). The van der Waals surface area contributed by atoms with Crippen LogP contribution < -0.4 is 17.0 Å². The fourth-order valence-electron chi connectivity index (χ4n) is 2.80. The lowest BCUT2D eigenvalue weighted by Crippen LogP contribution is -2.43. The Balaban J connectivity index is 3.10. The lowest BCUT2D eigenvalue weighted by molar-refractivity contribution is -0.122. The Hall–Kier alpha value is -0.610. The van der Waals surface area contributed by atoms with Gasteiger partial charge in [0, 0.05) is 0 Å². The molecule has 132 valence electrons. The summed E-state index contributed by atoms with van der Waals surface area (Å²) in [6.45, 7) is 2.27. The summed E-state index contributed by atoms with van der Waals surface area (Å²) >= 11 is 0. The van der Waals surface area contributed by atoms with Gasteiger partial charge in [0.05, 0.1) is 6.04 Å². The van der Waals surface area contributed by atoms with Crippen LogP contribution in [0.3, 0.4) is 0 Å². The zero-order chi connectivity index (χ0) is 16.5. The van der Waals surface area contributed by atoms with Gasteiger partial charge in [-0.25, -0.2) is 5.84 Å². The molecule has 4 nitrogen and oxygen atoms in total. The monoisotopic (exact) mass is 313 g/mol. The van der Waals surface area contributed by atoms with Crippen molar-refractivity contribution in [2.75, 3.05) is 0 Å². The molecule has 5 N–H and O–H groups in total. The largest absolute Gasteiger partial charge is 0.320 e. The second kappa shape index (κ2) is 16.8. The SMILES string of the molecule is CCCCCCCCCCCCCCCCC(N)C(=O)NN. The van der Waals surface area contributed by atoms with Crippen LogP contribution in [0, 0.1) is 0 Å². The first-order chi connectivity index (χ1) is 10.7. The summed E-state index contributed by atoms with van der Waals surface area (Å²) in [6, 6.07) is -0.442. The summed E-state index contributed by atoms with van der Waals surface area (Å²) in [7, 11) is 0. The highest BCUT2D eigenvalue weighted by atomic mass is 16.2. The van der Waals surface area contributed by atoms with Crippen molar-refractivity contribution in [2.45, 2.75) is 109 Å². The van der Waals surface area contributed by atoms with Gasteiger partial charge in [-0.05, 0) is 6.42 Å². The number of nitrogens with one attached hydrogen (secondary N) is 1. The number of amides is 1. The van der Waals surface area contributed by atoms with Gasteiger partial charge in [-0.1, -0.05) is 96.8 Å². The molecule has 4 heteroatoms. The van der Waals surface area contributed by atoms with Gasteiger partial charge in [-0.15, -0.1) is 0 Å². The third-order valence-electron chi connectivity index (χ3n) is 4.35. The predicted molar refractivity (Wildman–Crippen MR) is 95.2 cm³/mol. The van der Waals surface area contributed by atoms with Crippen molar-refractivity contribution in [1.29, 1.82) is 0 Å². The number of carbonyl (C=O) groups is 1. The van der Waals surface area contributed by atoms with Crippen molar-refractivity contribution in [3.05, 3.63) is 0 Å². The van der Waals surface area contributed by atoms with Gasteiger partial charge in [0.15, 0.2) is 0 Å². The molecule has 0 aliphatic rings. The summed E-state index contributed by atoms with van der Waals surface area (Å²) in [6.07, 6.45) is 19.5. The maximum atomic E-state index is 11.1. The topological polar surface area (TPSA) is 81.1 Å². The molecule has 1 atom stereocenters. The molecular weight excluding hydrogens is 274 g/mol. The molecule has 0 aromatic heterocycles. The van der Waals surface area contributed by atoms with E-state index in [1.807, 2.05) is 0 Å². The maximum absolute atomic E-state index is 11.1. The van der Waals surface area contributed by atoms with E-state index >= 15 is 0 Å². The molecule has 0 heterocycles. The Morgan fingerprint density at radius 2 is 1.14 bits per heavy atom. The van der Waals surface area contributed by atoms with Crippen LogP contribution in [-0.2, 0) is 4.79 Å². The minimum absolute atomic E-state index is 0.255. The first kappa shape index (κ1) is 21.4. The number of hydrogen-bond donors (Lipinski definition) is 3. The van der Waals surface area contributed by atoms with Crippen LogP contribution in [-0.4, -0.2) is 11.9 Å². The van der Waals surface area contributed by atoms with Crippen LogP contribution in [0.25, 0.3) is 0 Å². The van der Waals surface area contributed by atoms with Gasteiger partial charge in [0.1, 0.15) is 0 Å². The van der Waals surface area contributed by atoms with Crippen molar-refractivity contribution < 1.29 is 4.79 Å². The van der Waals surface area contributed by atoms with E-state index in [1.165, 1.54) is 83.5 Å². The summed E-state index contributed by atoms with van der Waals surface area (Å²) in [5, 5.41) is 0. The number of nitrogens with two attached hydrogens (primary N) is 2. The smallest absolute Gasteiger partial charge is 0.250 e. The molecule has 1 unspecified atom stereocenters. The van der Waals surface area contributed by atoms with Gasteiger partial charge in [-0.3, -0.25) is 10.2 Å². The Morgan fingerprint density at radius 3 is 1.50 bits per heavy atom. The van der Waals surface area contributed by atoms with Crippen LogP contribution >= 0.6 is 0 Å². The first-order valence-electron chi connectivity index (χ1n) is 9.48. The molecule has 0 saturated heterocycles. The molecule has 0 bridgehead atoms. The Kier molecular flexibility index (Phi) is 16.3. The van der Waals surface area contributed by atoms with E-state index in [9.17, 15) is 4.79 Å². The third kappa shape index (κ3) is 14.3. The highest BCUT2D eigenvalue weighted by molar-refractivity contribution is 5.80. The van der Waals surface area contributed by atoms with Crippen molar-refractivity contribution in [1.82, 2.24) is 5.43 Å². The number of hydrogen-bond acceptors (Lipinski definition) is 3. The van der Waals surface area contributed by atoms with Crippen molar-refractivity contribution in [3.8, 4) is 0 Å². The van der Waals surface area contributed by atoms with Gasteiger partial charge in [0.2, 0.25) is 0 Å². The minimum atomic E-state index is -0.442. The molecule has 0 aromatic carbocycles. The highest BCUT2D eigenvalue weighted by Crippen LogP contribution is 2.13. The van der Waals surface area contributed by atoms with Crippen LogP contribution in [0.4, 0.5) is 0 Å². The molecule has 0 radical (unpaired) electrons. The first-order valence-corrected chi connectivity index (χ1v) is 9.48. The molecule has 0 fully saturated rings. The lowest BCUT2D eigenvalue weighted by Gasteiger charge is -2.09. The summed E-state index contributed by atoms with van der Waals surface area (Å²) in [5.74, 6) is 4.79. The quantitative estimate of drug-likeness (QED) is 0.173. The zero-order valence-corrected chi connectivity index (χ0v) is 14.7. The van der Waals surface area contributed by atoms with E-state index in [-0.39, 0.29) is 5.91 Å². The number of carbonyl (C=O) groups excluding carboxylic acids is 1. The third-order valence-corrected chi connectivity index (χ3v) is 4.35. The summed E-state index contributed by atoms with van der Waals surface area (Å²) < 4.78 is 0. The fourth-order valence-corrected chi connectivity index (χ4v) is 2.80. The van der Waals surface area contributed by atoms with E-state index in [4.69, 9.17) is 11.6 Å². The molecule has 0 aliphatic heterocycles. The average molecular weight is 314 g/mol. The molecule has 0 aromatic rings. The van der Waals surface area contributed by atoms with E-state index in [0.717, 1.165) is 12.8 Å². The number of hydrazine groups is 1. The number of unbranched alkanes of at least 4 members (excludes halogenated alkanes) is 13. The predicted octanol–water partition coefficient (Wildman–Crippen LogP) is 4.18. The van der Waals surface area contributed by atoms with Crippen LogP contribution in [0.1, 0.15) is 103 Å². The van der Waals surface area contributed by atoms with Gasteiger partial charge >= 0.3 is 0 Å². The highest BCUT2D eigenvalue weighted by Gasteiger charge is 2.10. The summed E-state index contributed by atoms with van der Waals surface area (Å²) in [5.41, 5.74) is 7.78. The molecule has 0 aliphatic carbocycles.